The van der Waals surface area contributed by atoms with Crippen LogP contribution in [0.1, 0.15) is 47.8 Å². The molecule has 0 bridgehead atoms. The summed E-state index contributed by atoms with van der Waals surface area (Å²) in [5.41, 5.74) is 7.61. The highest BCUT2D eigenvalue weighted by atomic mass is 16.6. The third kappa shape index (κ3) is 4.68. The maximum absolute atomic E-state index is 12.0. The summed E-state index contributed by atoms with van der Waals surface area (Å²) in [7, 11) is 0. The molecular formula is C19H19N3O2. The van der Waals surface area contributed by atoms with Crippen LogP contribution in [0.3, 0.4) is 0 Å². The van der Waals surface area contributed by atoms with Gasteiger partial charge in [0.25, 0.3) is 0 Å². The molecule has 122 valence electrons. The monoisotopic (exact) mass is 321 g/mol. The number of hydrogen-bond acceptors (Lipinski definition) is 5. The Kier molecular flexibility index (Phi) is 5.00. The van der Waals surface area contributed by atoms with Gasteiger partial charge in [-0.2, -0.15) is 5.26 Å². The van der Waals surface area contributed by atoms with E-state index in [4.69, 9.17) is 15.7 Å². The number of pyridine rings is 1. The Hall–Kier alpha value is -3.13. The van der Waals surface area contributed by atoms with Crippen molar-refractivity contribution >= 4 is 23.9 Å². The summed E-state index contributed by atoms with van der Waals surface area (Å²) in [5, 5.41) is 8.95. The van der Waals surface area contributed by atoms with Crippen LogP contribution in [0.25, 0.3) is 12.2 Å². The Bertz CT molecular complexity index is 810. The third-order valence-electron chi connectivity index (χ3n) is 3.07. The molecule has 1 aromatic heterocycles. The molecule has 0 aliphatic heterocycles. The number of carbonyl (C=O) groups is 1. The van der Waals surface area contributed by atoms with Gasteiger partial charge in [-0.3, -0.25) is 0 Å². The molecule has 0 fully saturated rings. The Morgan fingerprint density at radius 1 is 1.21 bits per heavy atom. The maximum atomic E-state index is 12.0. The molecule has 2 N–H and O–H groups in total. The van der Waals surface area contributed by atoms with Crippen LogP contribution < -0.4 is 5.73 Å². The third-order valence-corrected chi connectivity index (χ3v) is 3.07. The Morgan fingerprint density at radius 3 is 2.42 bits per heavy atom. The number of nitrogens with two attached hydrogens (primary N) is 1. The van der Waals surface area contributed by atoms with Crippen LogP contribution >= 0.6 is 0 Å². The van der Waals surface area contributed by atoms with Gasteiger partial charge in [-0.15, -0.1) is 0 Å². The standard InChI is InChI=1S/C19H19N3O2/c1-19(2,3)24-18(23)15-8-6-13(7-9-15)4-5-14-10-16(11-20)17(21)22-12-14/h4-10,12H,1-3H3,(H2,21,22). The molecule has 0 aliphatic rings. The Morgan fingerprint density at radius 2 is 1.83 bits per heavy atom. The van der Waals surface area contributed by atoms with Gasteiger partial charge in [0.15, 0.2) is 0 Å². The number of carbonyl (C=O) groups excluding carboxylic acids is 1. The molecule has 0 saturated heterocycles. The number of esters is 1. The summed E-state index contributed by atoms with van der Waals surface area (Å²) < 4.78 is 5.32. The summed E-state index contributed by atoms with van der Waals surface area (Å²) >= 11 is 0. The number of hydrogen-bond donors (Lipinski definition) is 1. The lowest BCUT2D eigenvalue weighted by Gasteiger charge is -2.19. The van der Waals surface area contributed by atoms with Crippen LogP contribution in [0.5, 0.6) is 0 Å². The van der Waals surface area contributed by atoms with Gasteiger partial charge in [0.2, 0.25) is 0 Å². The van der Waals surface area contributed by atoms with Crippen molar-refractivity contribution in [2.45, 2.75) is 26.4 Å². The molecule has 1 heterocycles. The average molecular weight is 321 g/mol. The van der Waals surface area contributed by atoms with E-state index in [0.29, 0.717) is 11.1 Å². The number of nitrogen functional groups attached to an aromatic ring is 1. The van der Waals surface area contributed by atoms with Gasteiger partial charge >= 0.3 is 5.97 Å². The van der Waals surface area contributed by atoms with Crippen molar-refractivity contribution in [1.29, 1.82) is 5.26 Å². The number of benzene rings is 1. The van der Waals surface area contributed by atoms with Crippen LogP contribution in [0.4, 0.5) is 5.82 Å². The van der Waals surface area contributed by atoms with Gasteiger partial charge < -0.3 is 10.5 Å². The summed E-state index contributed by atoms with van der Waals surface area (Å²) in [6, 6.07) is 10.8. The van der Waals surface area contributed by atoms with Crippen molar-refractivity contribution < 1.29 is 9.53 Å². The van der Waals surface area contributed by atoms with Crippen molar-refractivity contribution in [3.63, 3.8) is 0 Å². The van der Waals surface area contributed by atoms with E-state index < -0.39 is 5.60 Å². The predicted molar refractivity (Wildman–Crippen MR) is 93.9 cm³/mol. The molecule has 5 nitrogen and oxygen atoms in total. The summed E-state index contributed by atoms with van der Waals surface area (Å²) in [5.74, 6) is -0.129. The minimum Gasteiger partial charge on any atom is -0.456 e. The van der Waals surface area contributed by atoms with Crippen LogP contribution in [0.2, 0.25) is 0 Å². The molecule has 5 heteroatoms. The first-order chi connectivity index (χ1) is 11.3. The van der Waals surface area contributed by atoms with Gasteiger partial charge in [-0.25, -0.2) is 9.78 Å². The zero-order valence-corrected chi connectivity index (χ0v) is 13.9. The molecular weight excluding hydrogens is 302 g/mol. The second-order valence-corrected chi connectivity index (χ2v) is 6.27. The lowest BCUT2D eigenvalue weighted by molar-refractivity contribution is 0.00695. The van der Waals surface area contributed by atoms with Crippen molar-refractivity contribution in [2.75, 3.05) is 5.73 Å². The average Bonchev–Trinajstić information content (AvgIpc) is 2.53. The number of nitrogens with zero attached hydrogens (tertiary/aromatic N) is 2. The first-order valence-electron chi connectivity index (χ1n) is 7.45. The molecule has 1 aromatic carbocycles. The minimum atomic E-state index is -0.518. The SMILES string of the molecule is CC(C)(C)OC(=O)c1ccc(C=Cc2cnc(N)c(C#N)c2)cc1. The molecule has 24 heavy (non-hydrogen) atoms. The lowest BCUT2D eigenvalue weighted by atomic mass is 10.1. The van der Waals surface area contributed by atoms with E-state index in [9.17, 15) is 4.79 Å². The second kappa shape index (κ2) is 6.97. The van der Waals surface area contributed by atoms with Crippen LogP contribution in [0.15, 0.2) is 36.5 Å². The van der Waals surface area contributed by atoms with Crippen molar-refractivity contribution in [2.24, 2.45) is 0 Å². The van der Waals surface area contributed by atoms with E-state index in [2.05, 4.69) is 4.98 Å². The summed E-state index contributed by atoms with van der Waals surface area (Å²) in [6.07, 6.45) is 5.30. The van der Waals surface area contributed by atoms with Crippen molar-refractivity contribution in [1.82, 2.24) is 4.98 Å². The molecule has 0 unspecified atom stereocenters. The zero-order chi connectivity index (χ0) is 17.7. The molecule has 0 atom stereocenters. The number of nitriles is 1. The van der Waals surface area contributed by atoms with Gasteiger partial charge in [0.1, 0.15) is 17.5 Å². The molecule has 2 rings (SSSR count). The zero-order valence-electron chi connectivity index (χ0n) is 13.9. The molecule has 0 aliphatic carbocycles. The van der Waals surface area contributed by atoms with Crippen molar-refractivity contribution in [3.05, 3.63) is 58.8 Å². The fraction of sp³-hybridized carbons (Fsp3) is 0.211. The highest BCUT2D eigenvalue weighted by Crippen LogP contribution is 2.15. The smallest absolute Gasteiger partial charge is 0.338 e. The fourth-order valence-electron chi connectivity index (χ4n) is 1.93. The number of anilines is 1. The molecule has 2 aromatic rings. The minimum absolute atomic E-state index is 0.219. The van der Waals surface area contributed by atoms with E-state index >= 15 is 0 Å². The van der Waals surface area contributed by atoms with Crippen LogP contribution in [-0.4, -0.2) is 16.6 Å². The van der Waals surface area contributed by atoms with Crippen molar-refractivity contribution in [3.8, 4) is 6.07 Å². The van der Waals surface area contributed by atoms with E-state index in [1.807, 2.05) is 51.1 Å². The summed E-state index contributed by atoms with van der Waals surface area (Å²) in [4.78, 5) is 15.9. The quantitative estimate of drug-likeness (QED) is 0.871. The number of rotatable bonds is 3. The molecule has 0 saturated carbocycles. The number of ether oxygens (including phenoxy) is 1. The van der Waals surface area contributed by atoms with Gasteiger partial charge in [-0.05, 0) is 50.1 Å². The highest BCUT2D eigenvalue weighted by Gasteiger charge is 2.17. The first kappa shape index (κ1) is 17.2. The molecule has 0 amide bonds. The van der Waals surface area contributed by atoms with Crippen LogP contribution in [-0.2, 0) is 4.74 Å². The van der Waals surface area contributed by atoms with E-state index in [1.165, 1.54) is 0 Å². The van der Waals surface area contributed by atoms with E-state index in [0.717, 1.165) is 11.1 Å². The van der Waals surface area contributed by atoms with Gasteiger partial charge in [0.05, 0.1) is 11.1 Å². The van der Waals surface area contributed by atoms with E-state index in [1.54, 1.807) is 24.4 Å². The topological polar surface area (TPSA) is 89.0 Å². The highest BCUT2D eigenvalue weighted by molar-refractivity contribution is 5.90. The predicted octanol–water partition coefficient (Wildman–Crippen LogP) is 3.66. The normalized spacial score (nSPS) is 11.2. The van der Waals surface area contributed by atoms with Gasteiger partial charge in [-0.1, -0.05) is 24.3 Å². The number of aromatic nitrogens is 1. The Labute approximate surface area is 141 Å². The fourth-order valence-corrected chi connectivity index (χ4v) is 1.93. The first-order valence-corrected chi connectivity index (χ1v) is 7.45. The molecule has 0 radical (unpaired) electrons. The Balaban J connectivity index is 2.12. The largest absolute Gasteiger partial charge is 0.456 e. The van der Waals surface area contributed by atoms with Gasteiger partial charge in [0, 0.05) is 6.20 Å². The van der Waals surface area contributed by atoms with Crippen LogP contribution in [0, 0.1) is 11.3 Å². The lowest BCUT2D eigenvalue weighted by Crippen LogP contribution is -2.23. The summed E-state index contributed by atoms with van der Waals surface area (Å²) in [6.45, 7) is 5.49. The second-order valence-electron chi connectivity index (χ2n) is 6.27. The molecule has 0 spiro atoms. The maximum Gasteiger partial charge on any atom is 0.338 e. The van der Waals surface area contributed by atoms with E-state index in [-0.39, 0.29) is 11.8 Å².